The highest BCUT2D eigenvalue weighted by Crippen LogP contribution is 2.30. The fraction of sp³-hybridized carbons (Fsp3) is 0.360. The largest absolute Gasteiger partial charge is 0.476 e. The van der Waals surface area contributed by atoms with Gasteiger partial charge in [0.15, 0.2) is 5.69 Å². The van der Waals surface area contributed by atoms with E-state index in [2.05, 4.69) is 15.0 Å². The number of alkyl halides is 3. The summed E-state index contributed by atoms with van der Waals surface area (Å²) < 4.78 is 44.7. The lowest BCUT2D eigenvalue weighted by molar-refractivity contribution is -0.137. The number of benzene rings is 1. The molecule has 3 aromatic rings. The third kappa shape index (κ3) is 7.06. The number of carboxylic acid groups (broad SMARTS) is 1. The minimum absolute atomic E-state index is 0.0561. The molecular formula is C25H28F3N5O4. The molecule has 0 spiro atoms. The van der Waals surface area contributed by atoms with Crippen molar-refractivity contribution in [1.29, 1.82) is 0 Å². The molecule has 1 amide bonds. The summed E-state index contributed by atoms with van der Waals surface area (Å²) >= 11 is 0. The maximum Gasteiger partial charge on any atom is 0.417 e. The van der Waals surface area contributed by atoms with E-state index in [1.54, 1.807) is 23.1 Å². The summed E-state index contributed by atoms with van der Waals surface area (Å²) in [6.45, 7) is 8.10. The van der Waals surface area contributed by atoms with Crippen LogP contribution < -0.4 is 4.74 Å². The average molecular weight is 520 g/mol. The van der Waals surface area contributed by atoms with Crippen LogP contribution in [0.1, 0.15) is 42.4 Å². The molecule has 1 aromatic carbocycles. The smallest absolute Gasteiger partial charge is 0.417 e. The van der Waals surface area contributed by atoms with Crippen molar-refractivity contribution in [3.8, 4) is 11.6 Å². The van der Waals surface area contributed by atoms with Crippen LogP contribution in [0.2, 0.25) is 0 Å². The van der Waals surface area contributed by atoms with Crippen LogP contribution in [0.15, 0.2) is 54.9 Å². The number of carboxylic acids is 1. The van der Waals surface area contributed by atoms with Crippen molar-refractivity contribution in [2.45, 2.75) is 39.5 Å². The number of hydrogen-bond donors (Lipinski definition) is 1. The molecule has 1 N–H and O–H groups in total. The lowest BCUT2D eigenvalue weighted by atomic mass is 10.1. The number of ether oxygens (including phenoxy) is 1. The predicted molar refractivity (Wildman–Crippen MR) is 129 cm³/mol. The summed E-state index contributed by atoms with van der Waals surface area (Å²) in [5, 5.41) is 12.8. The number of hydrogen-bond acceptors (Lipinski definition) is 6. The summed E-state index contributed by atoms with van der Waals surface area (Å²) in [7, 11) is 0. The minimum Gasteiger partial charge on any atom is -0.476 e. The molecule has 37 heavy (non-hydrogen) atoms. The van der Waals surface area contributed by atoms with E-state index in [0.29, 0.717) is 31.9 Å². The molecule has 2 aromatic heterocycles. The van der Waals surface area contributed by atoms with Gasteiger partial charge in [0, 0.05) is 50.7 Å². The Hall–Kier alpha value is -3.93. The minimum atomic E-state index is -4.46. The van der Waals surface area contributed by atoms with Crippen molar-refractivity contribution in [2.75, 3.05) is 19.6 Å². The highest BCUT2D eigenvalue weighted by Gasteiger charge is 2.31. The molecule has 12 heteroatoms. The predicted octanol–water partition coefficient (Wildman–Crippen LogP) is 4.99. The highest BCUT2D eigenvalue weighted by atomic mass is 19.4. The summed E-state index contributed by atoms with van der Waals surface area (Å²) in [6, 6.07) is 10.0. The van der Waals surface area contributed by atoms with Crippen LogP contribution >= 0.6 is 0 Å². The van der Waals surface area contributed by atoms with E-state index in [1.807, 2.05) is 26.8 Å². The van der Waals surface area contributed by atoms with Crippen molar-refractivity contribution in [3.63, 3.8) is 0 Å². The van der Waals surface area contributed by atoms with Crippen LogP contribution in [-0.2, 0) is 12.7 Å². The molecule has 9 nitrogen and oxygen atoms in total. The number of aromatic carboxylic acids is 1. The van der Waals surface area contributed by atoms with Gasteiger partial charge in [-0.05, 0) is 36.8 Å². The Kier molecular flexibility index (Phi) is 8.87. The molecule has 1 aliphatic rings. The van der Waals surface area contributed by atoms with Crippen molar-refractivity contribution in [3.05, 3.63) is 71.7 Å². The maximum absolute atomic E-state index is 12.7. The zero-order chi connectivity index (χ0) is 27.2. The second-order valence-corrected chi connectivity index (χ2v) is 8.14. The molecule has 1 saturated heterocycles. The van der Waals surface area contributed by atoms with Crippen LogP contribution in [0.3, 0.4) is 0 Å². The highest BCUT2D eigenvalue weighted by molar-refractivity contribution is 5.86. The Morgan fingerprint density at radius 1 is 1.14 bits per heavy atom. The van der Waals surface area contributed by atoms with Gasteiger partial charge in [0.05, 0.1) is 5.56 Å². The Morgan fingerprint density at radius 2 is 1.89 bits per heavy atom. The second-order valence-electron chi connectivity index (χ2n) is 8.14. The summed E-state index contributed by atoms with van der Waals surface area (Å²) in [5.41, 5.74) is -0.113. The second kappa shape index (κ2) is 11.9. The zero-order valence-corrected chi connectivity index (χ0v) is 20.6. The molecule has 0 saturated carbocycles. The Morgan fingerprint density at radius 3 is 2.49 bits per heavy atom. The van der Waals surface area contributed by atoms with Gasteiger partial charge >= 0.3 is 18.2 Å². The Balaban J connectivity index is 0.00000186. The van der Waals surface area contributed by atoms with Gasteiger partial charge in [0.25, 0.3) is 0 Å². The molecule has 1 atom stereocenters. The van der Waals surface area contributed by atoms with Gasteiger partial charge in [-0.15, -0.1) is 0 Å². The quantitative estimate of drug-likeness (QED) is 0.507. The van der Waals surface area contributed by atoms with E-state index in [9.17, 15) is 22.8 Å². The van der Waals surface area contributed by atoms with E-state index in [0.717, 1.165) is 22.5 Å². The van der Waals surface area contributed by atoms with Crippen LogP contribution in [0, 0.1) is 0 Å². The topological polar surface area (TPSA) is 101 Å². The first-order chi connectivity index (χ1) is 17.6. The molecular weight excluding hydrogens is 491 g/mol. The van der Waals surface area contributed by atoms with E-state index in [4.69, 9.17) is 9.84 Å². The van der Waals surface area contributed by atoms with E-state index >= 15 is 0 Å². The first-order valence-electron chi connectivity index (χ1n) is 11.7. The first-order valence-corrected chi connectivity index (χ1v) is 11.7. The Bertz CT molecular complexity index is 1210. The van der Waals surface area contributed by atoms with Gasteiger partial charge in [-0.2, -0.15) is 23.0 Å². The number of nitrogens with zero attached hydrogens (tertiary/aromatic N) is 5. The van der Waals surface area contributed by atoms with E-state index in [-0.39, 0.29) is 23.6 Å². The van der Waals surface area contributed by atoms with E-state index in [1.165, 1.54) is 18.3 Å². The fourth-order valence-corrected chi connectivity index (χ4v) is 3.83. The lowest BCUT2D eigenvalue weighted by Gasteiger charge is -2.39. The molecule has 0 radical (unpaired) electrons. The van der Waals surface area contributed by atoms with Gasteiger partial charge in [-0.25, -0.2) is 14.6 Å². The van der Waals surface area contributed by atoms with E-state index < -0.39 is 17.7 Å². The maximum atomic E-state index is 12.7. The Labute approximate surface area is 212 Å². The van der Waals surface area contributed by atoms with Gasteiger partial charge < -0.3 is 14.7 Å². The molecule has 1 unspecified atom stereocenters. The third-order valence-electron chi connectivity index (χ3n) is 5.55. The normalized spacial score (nSPS) is 16.1. The third-order valence-corrected chi connectivity index (χ3v) is 5.55. The summed E-state index contributed by atoms with van der Waals surface area (Å²) in [5.74, 6) is -0.695. The molecule has 1 aliphatic heterocycles. The number of halogens is 3. The summed E-state index contributed by atoms with van der Waals surface area (Å²) in [6.07, 6.45) is -2.40. The van der Waals surface area contributed by atoms with Gasteiger partial charge in [-0.1, -0.05) is 26.0 Å². The summed E-state index contributed by atoms with van der Waals surface area (Å²) in [4.78, 5) is 31.3. The van der Waals surface area contributed by atoms with Crippen LogP contribution in [0.5, 0.6) is 11.6 Å². The standard InChI is InChI=1S/C23H22F3N5O4.C2H6/c1-15-13-29(9-10-30(15)22(34)31-8-7-19(28-31)21(32)33)14-16-3-2-4-18(11-16)35-20-6-5-17(12-27-20)23(24,25)26;1-2/h2-8,11-12,15H,9-10,13-14H2,1H3,(H,32,33);1-2H3. The zero-order valence-electron chi connectivity index (χ0n) is 20.6. The number of amides is 1. The lowest BCUT2D eigenvalue weighted by Crippen LogP contribution is -2.54. The molecule has 1 fully saturated rings. The number of carbonyl (C=O) groups is 2. The molecule has 0 bridgehead atoms. The molecule has 198 valence electrons. The molecule has 4 rings (SSSR count). The number of aromatic nitrogens is 3. The van der Waals surface area contributed by atoms with Crippen molar-refractivity contribution >= 4 is 12.0 Å². The van der Waals surface area contributed by atoms with Gasteiger partial charge in [0.1, 0.15) is 5.75 Å². The van der Waals surface area contributed by atoms with Crippen LogP contribution in [0.4, 0.5) is 18.0 Å². The average Bonchev–Trinajstić information content (AvgIpc) is 3.36. The monoisotopic (exact) mass is 519 g/mol. The van der Waals surface area contributed by atoms with Gasteiger partial charge in [0.2, 0.25) is 5.88 Å². The number of carbonyl (C=O) groups excluding carboxylic acids is 1. The molecule has 3 heterocycles. The van der Waals surface area contributed by atoms with Crippen LogP contribution in [0.25, 0.3) is 0 Å². The van der Waals surface area contributed by atoms with Crippen molar-refractivity contribution in [1.82, 2.24) is 24.6 Å². The van der Waals surface area contributed by atoms with Gasteiger partial charge in [-0.3, -0.25) is 4.90 Å². The first kappa shape index (κ1) is 27.7. The van der Waals surface area contributed by atoms with Crippen molar-refractivity contribution < 1.29 is 32.6 Å². The molecule has 0 aliphatic carbocycles. The number of piperazine rings is 1. The fourth-order valence-electron chi connectivity index (χ4n) is 3.83. The van der Waals surface area contributed by atoms with Crippen molar-refractivity contribution in [2.24, 2.45) is 0 Å². The number of rotatable bonds is 5. The SMILES string of the molecule is CC.CC1CN(Cc2cccc(Oc3ccc(C(F)(F)F)cn3)c2)CCN1C(=O)n1ccc(C(=O)O)n1. The number of pyridine rings is 1. The van der Waals surface area contributed by atoms with Crippen LogP contribution in [-0.4, -0.2) is 67.3 Å².